The van der Waals surface area contributed by atoms with Gasteiger partial charge in [-0.25, -0.2) is 18.1 Å². The molecule has 1 aliphatic heterocycles. The van der Waals surface area contributed by atoms with Gasteiger partial charge in [0.25, 0.3) is 0 Å². The van der Waals surface area contributed by atoms with Crippen LogP contribution in [0.3, 0.4) is 0 Å². The van der Waals surface area contributed by atoms with E-state index in [-0.39, 0.29) is 6.04 Å². The predicted molar refractivity (Wildman–Crippen MR) is 90.8 cm³/mol. The first-order chi connectivity index (χ1) is 10.5. The fraction of sp³-hybridized carbons (Fsp3) is 0.400. The van der Waals surface area contributed by atoms with Crippen molar-refractivity contribution in [2.24, 2.45) is 0 Å². The fourth-order valence-corrected chi connectivity index (χ4v) is 4.37. The van der Waals surface area contributed by atoms with Gasteiger partial charge in [-0.05, 0) is 12.8 Å². The number of rotatable bonds is 4. The van der Waals surface area contributed by atoms with E-state index in [1.165, 1.54) is 6.26 Å². The van der Waals surface area contributed by atoms with Crippen molar-refractivity contribution in [1.29, 1.82) is 0 Å². The summed E-state index contributed by atoms with van der Waals surface area (Å²) in [6.45, 7) is 1.60. The second kappa shape index (κ2) is 6.36. The molecule has 0 aliphatic carbocycles. The van der Waals surface area contributed by atoms with Crippen LogP contribution >= 0.6 is 11.3 Å². The third-order valence-corrected chi connectivity index (χ3v) is 5.30. The fourth-order valence-electron chi connectivity index (χ4n) is 2.70. The number of aromatic nitrogens is 1. The summed E-state index contributed by atoms with van der Waals surface area (Å²) in [5.74, 6) is 0. The lowest BCUT2D eigenvalue weighted by molar-refractivity contribution is 0.467. The molecule has 2 heterocycles. The Kier molecular flexibility index (Phi) is 4.46. The smallest absolute Gasteiger partial charge is 0.209 e. The van der Waals surface area contributed by atoms with Crippen molar-refractivity contribution in [3.05, 3.63) is 35.7 Å². The number of anilines is 1. The summed E-state index contributed by atoms with van der Waals surface area (Å²) in [6.07, 6.45) is 3.05. The molecule has 0 spiro atoms. The molecule has 1 fully saturated rings. The molecule has 0 radical (unpaired) electrons. The molecule has 1 aromatic carbocycles. The van der Waals surface area contributed by atoms with Gasteiger partial charge >= 0.3 is 0 Å². The van der Waals surface area contributed by atoms with Gasteiger partial charge in [0.05, 0.1) is 11.9 Å². The molecule has 0 bridgehead atoms. The molecule has 0 saturated carbocycles. The first-order valence-corrected chi connectivity index (χ1v) is 10.0. The van der Waals surface area contributed by atoms with Crippen LogP contribution in [0.1, 0.15) is 12.8 Å². The Labute approximate surface area is 135 Å². The van der Waals surface area contributed by atoms with Crippen molar-refractivity contribution in [2.45, 2.75) is 18.9 Å². The lowest BCUT2D eigenvalue weighted by atomic mass is 10.1. The molecule has 118 valence electrons. The van der Waals surface area contributed by atoms with Crippen molar-refractivity contribution in [3.63, 3.8) is 0 Å². The van der Waals surface area contributed by atoms with Crippen LogP contribution in [0.2, 0.25) is 0 Å². The van der Waals surface area contributed by atoms with E-state index in [0.717, 1.165) is 35.8 Å². The Bertz CT molecular complexity index is 728. The van der Waals surface area contributed by atoms with Crippen molar-refractivity contribution < 1.29 is 8.42 Å². The minimum absolute atomic E-state index is 0.0344. The zero-order valence-electron chi connectivity index (χ0n) is 12.4. The Morgan fingerprint density at radius 2 is 2.09 bits per heavy atom. The highest BCUT2D eigenvalue weighted by Crippen LogP contribution is 2.29. The second-order valence-corrected chi connectivity index (χ2v) is 8.17. The highest BCUT2D eigenvalue weighted by Gasteiger charge is 2.24. The van der Waals surface area contributed by atoms with Gasteiger partial charge in [-0.15, -0.1) is 11.3 Å². The maximum atomic E-state index is 11.4. The molecule has 1 aliphatic rings. The molecule has 5 nitrogen and oxygen atoms in total. The van der Waals surface area contributed by atoms with Gasteiger partial charge in [0.1, 0.15) is 0 Å². The molecule has 0 amide bonds. The first kappa shape index (κ1) is 15.5. The topological polar surface area (TPSA) is 62.3 Å². The number of hydrogen-bond donors (Lipinski definition) is 1. The van der Waals surface area contributed by atoms with Crippen molar-refractivity contribution in [1.82, 2.24) is 9.71 Å². The van der Waals surface area contributed by atoms with E-state index in [4.69, 9.17) is 4.98 Å². The van der Waals surface area contributed by atoms with Crippen molar-refractivity contribution >= 4 is 26.5 Å². The molecule has 7 heteroatoms. The molecule has 1 atom stereocenters. The summed E-state index contributed by atoms with van der Waals surface area (Å²) in [4.78, 5) is 6.87. The van der Waals surface area contributed by atoms with Crippen LogP contribution in [-0.4, -0.2) is 38.8 Å². The van der Waals surface area contributed by atoms with E-state index < -0.39 is 10.0 Å². The van der Waals surface area contributed by atoms with E-state index in [1.54, 1.807) is 11.3 Å². The van der Waals surface area contributed by atoms with Crippen LogP contribution in [-0.2, 0) is 10.0 Å². The van der Waals surface area contributed by atoms with E-state index in [1.807, 2.05) is 30.3 Å². The molecule has 1 N–H and O–H groups in total. The zero-order chi connectivity index (χ0) is 15.6. The van der Waals surface area contributed by atoms with E-state index in [0.29, 0.717) is 6.54 Å². The Balaban J connectivity index is 1.73. The quantitative estimate of drug-likeness (QED) is 0.930. The molecule has 2 aromatic rings. The van der Waals surface area contributed by atoms with Crippen LogP contribution in [0, 0.1) is 0 Å². The number of sulfonamides is 1. The summed E-state index contributed by atoms with van der Waals surface area (Å²) in [7, 11) is -3.16. The highest BCUT2D eigenvalue weighted by molar-refractivity contribution is 7.88. The standard InChI is InChI=1S/C15H19N3O2S2/c1-22(19,20)17-13-8-5-9-18(10-13)15-16-14(11-21-15)12-6-3-2-4-7-12/h2-4,6-7,11,13,17H,5,8-10H2,1H3. The average molecular weight is 337 g/mol. The number of nitrogens with zero attached hydrogens (tertiary/aromatic N) is 2. The second-order valence-electron chi connectivity index (χ2n) is 5.56. The molecular formula is C15H19N3O2S2. The van der Waals surface area contributed by atoms with Gasteiger partial charge in [0.2, 0.25) is 10.0 Å². The average Bonchev–Trinajstić information content (AvgIpc) is 2.96. The van der Waals surface area contributed by atoms with E-state index in [2.05, 4.69) is 15.0 Å². The number of piperidine rings is 1. The third-order valence-electron chi connectivity index (χ3n) is 3.63. The van der Waals surface area contributed by atoms with Crippen molar-refractivity contribution in [3.8, 4) is 11.3 Å². The van der Waals surface area contributed by atoms with Gasteiger partial charge < -0.3 is 4.90 Å². The number of thiazole rings is 1. The molecule has 3 rings (SSSR count). The van der Waals surface area contributed by atoms with E-state index in [9.17, 15) is 8.42 Å². The first-order valence-electron chi connectivity index (χ1n) is 7.24. The monoisotopic (exact) mass is 337 g/mol. The Morgan fingerprint density at radius 1 is 1.32 bits per heavy atom. The highest BCUT2D eigenvalue weighted by atomic mass is 32.2. The van der Waals surface area contributed by atoms with Gasteiger partial charge in [-0.1, -0.05) is 30.3 Å². The summed E-state index contributed by atoms with van der Waals surface area (Å²) >= 11 is 1.61. The maximum Gasteiger partial charge on any atom is 0.209 e. The van der Waals surface area contributed by atoms with Crippen LogP contribution in [0.5, 0.6) is 0 Å². The number of hydrogen-bond acceptors (Lipinski definition) is 5. The van der Waals surface area contributed by atoms with Crippen LogP contribution in [0.25, 0.3) is 11.3 Å². The Hall–Kier alpha value is -1.44. The normalized spacial score (nSPS) is 19.3. The Morgan fingerprint density at radius 3 is 2.82 bits per heavy atom. The zero-order valence-corrected chi connectivity index (χ0v) is 14.0. The molecule has 1 unspecified atom stereocenters. The predicted octanol–water partition coefficient (Wildman–Crippen LogP) is 2.33. The summed E-state index contributed by atoms with van der Waals surface area (Å²) in [6, 6.07) is 10.0. The van der Waals surface area contributed by atoms with Gasteiger partial charge in [-0.3, -0.25) is 0 Å². The molecule has 1 aromatic heterocycles. The van der Waals surface area contributed by atoms with Gasteiger partial charge in [0, 0.05) is 30.1 Å². The minimum atomic E-state index is -3.16. The lowest BCUT2D eigenvalue weighted by Gasteiger charge is -2.32. The minimum Gasteiger partial charge on any atom is -0.346 e. The van der Waals surface area contributed by atoms with E-state index >= 15 is 0 Å². The number of nitrogens with one attached hydrogen (secondary N) is 1. The lowest BCUT2D eigenvalue weighted by Crippen LogP contribution is -2.47. The van der Waals surface area contributed by atoms with Crippen LogP contribution in [0.4, 0.5) is 5.13 Å². The third kappa shape index (κ3) is 3.85. The van der Waals surface area contributed by atoms with Crippen LogP contribution < -0.4 is 9.62 Å². The van der Waals surface area contributed by atoms with Gasteiger partial charge in [-0.2, -0.15) is 0 Å². The SMILES string of the molecule is CS(=O)(=O)NC1CCCN(c2nc(-c3ccccc3)cs2)C1. The maximum absolute atomic E-state index is 11.4. The van der Waals surface area contributed by atoms with Crippen LogP contribution in [0.15, 0.2) is 35.7 Å². The number of benzene rings is 1. The van der Waals surface area contributed by atoms with Gasteiger partial charge in [0.15, 0.2) is 5.13 Å². The summed E-state index contributed by atoms with van der Waals surface area (Å²) in [5.41, 5.74) is 2.08. The summed E-state index contributed by atoms with van der Waals surface area (Å²) < 4.78 is 25.5. The van der Waals surface area contributed by atoms with Crippen molar-refractivity contribution in [2.75, 3.05) is 24.2 Å². The molecular weight excluding hydrogens is 318 g/mol. The largest absolute Gasteiger partial charge is 0.346 e. The summed E-state index contributed by atoms with van der Waals surface area (Å²) in [5, 5.41) is 3.01. The molecule has 1 saturated heterocycles. The molecule has 22 heavy (non-hydrogen) atoms.